The summed E-state index contributed by atoms with van der Waals surface area (Å²) in [5.41, 5.74) is 0.909. The van der Waals surface area contributed by atoms with Crippen molar-refractivity contribution in [3.05, 3.63) is 29.8 Å². The maximum atomic E-state index is 12.9. The molecule has 1 spiro atoms. The smallest absolute Gasteiger partial charge is 0.243 e. The Morgan fingerprint density at radius 3 is 2.52 bits per heavy atom. The van der Waals surface area contributed by atoms with Gasteiger partial charge in [-0.3, -0.25) is 0 Å². The number of rotatable bonds is 3. The quantitative estimate of drug-likeness (QED) is 0.804. The molecule has 1 aromatic carbocycles. The second-order valence-electron chi connectivity index (χ2n) is 6.72. The highest BCUT2D eigenvalue weighted by Gasteiger charge is 2.73. The number of sulfonamides is 1. The Hall–Kier alpha value is -0.910. The molecule has 2 saturated carbocycles. The van der Waals surface area contributed by atoms with E-state index in [9.17, 15) is 8.42 Å². The number of nitrogens with zero attached hydrogens (tertiary/aromatic N) is 1. The summed E-state index contributed by atoms with van der Waals surface area (Å²) in [5.74, 6) is 1.07. The predicted molar refractivity (Wildman–Crippen MR) is 79.4 cm³/mol. The lowest BCUT2D eigenvalue weighted by Crippen LogP contribution is -2.64. The second-order valence-corrected chi connectivity index (χ2v) is 8.72. The van der Waals surface area contributed by atoms with Crippen LogP contribution in [0.1, 0.15) is 24.8 Å². The molecule has 4 nitrogen and oxygen atoms in total. The standard InChI is InChI=1S/C16H21NO3S/c1-11-6-8-12(9-7-11)21(18,19)17(2)15-13-4-3-5-14(13)16(15)10-20-16/h6-9,13-15H,3-5,10H2,1-2H3/t13-,14+,15+,16-/m1/s1. The SMILES string of the molecule is Cc1ccc(S(=O)(=O)N(C)[C@H]2[C@@H]3CCC[C@@H]3[C@]23CO3)cc1. The van der Waals surface area contributed by atoms with Crippen molar-refractivity contribution in [2.75, 3.05) is 13.7 Å². The van der Waals surface area contributed by atoms with E-state index in [1.807, 2.05) is 19.1 Å². The minimum atomic E-state index is -3.43. The summed E-state index contributed by atoms with van der Waals surface area (Å²) >= 11 is 0. The Balaban J connectivity index is 1.65. The number of aryl methyl sites for hydroxylation is 1. The molecule has 0 unspecified atom stereocenters. The van der Waals surface area contributed by atoms with Crippen molar-refractivity contribution in [3.63, 3.8) is 0 Å². The average Bonchev–Trinajstić information content (AvgIpc) is 3.17. The van der Waals surface area contributed by atoms with Gasteiger partial charge in [0.25, 0.3) is 0 Å². The van der Waals surface area contributed by atoms with Gasteiger partial charge >= 0.3 is 0 Å². The number of likely N-dealkylation sites (N-methyl/N-ethyl adjacent to an activating group) is 1. The van der Waals surface area contributed by atoms with Gasteiger partial charge in [-0.05, 0) is 43.7 Å². The molecule has 3 fully saturated rings. The molecule has 1 aliphatic heterocycles. The highest BCUT2D eigenvalue weighted by Crippen LogP contribution is 2.63. The van der Waals surface area contributed by atoms with Gasteiger partial charge in [-0.1, -0.05) is 24.1 Å². The zero-order valence-corrected chi connectivity index (χ0v) is 13.3. The fourth-order valence-electron chi connectivity index (χ4n) is 4.51. The van der Waals surface area contributed by atoms with Gasteiger partial charge in [-0.25, -0.2) is 8.42 Å². The van der Waals surface area contributed by atoms with Gasteiger partial charge in [-0.2, -0.15) is 4.31 Å². The van der Waals surface area contributed by atoms with E-state index in [0.717, 1.165) is 18.6 Å². The molecule has 0 N–H and O–H groups in total. The molecule has 4 rings (SSSR count). The molecule has 0 amide bonds. The van der Waals surface area contributed by atoms with Gasteiger partial charge in [0.2, 0.25) is 10.0 Å². The van der Waals surface area contributed by atoms with Crippen LogP contribution in [0.4, 0.5) is 0 Å². The van der Waals surface area contributed by atoms with Crippen LogP contribution < -0.4 is 0 Å². The lowest BCUT2D eigenvalue weighted by molar-refractivity contribution is -0.0298. The molecule has 1 aromatic rings. The van der Waals surface area contributed by atoms with E-state index < -0.39 is 10.0 Å². The highest BCUT2D eigenvalue weighted by atomic mass is 32.2. The molecule has 5 heteroatoms. The fourth-order valence-corrected chi connectivity index (χ4v) is 5.95. The van der Waals surface area contributed by atoms with Crippen LogP contribution in [0.5, 0.6) is 0 Å². The first kappa shape index (κ1) is 13.7. The summed E-state index contributed by atoms with van der Waals surface area (Å²) in [6.07, 6.45) is 3.53. The zero-order valence-electron chi connectivity index (χ0n) is 12.5. The molecule has 1 saturated heterocycles. The molecule has 0 bridgehead atoms. The van der Waals surface area contributed by atoms with Crippen molar-refractivity contribution < 1.29 is 13.2 Å². The third-order valence-electron chi connectivity index (χ3n) is 5.67. The maximum Gasteiger partial charge on any atom is 0.243 e. The predicted octanol–water partition coefficient (Wildman–Crippen LogP) is 2.18. The first-order valence-corrected chi connectivity index (χ1v) is 9.09. The molecular weight excluding hydrogens is 286 g/mol. The number of epoxide rings is 1. The summed E-state index contributed by atoms with van der Waals surface area (Å²) in [6.45, 7) is 2.69. The molecule has 2 aliphatic carbocycles. The van der Waals surface area contributed by atoms with E-state index in [4.69, 9.17) is 4.74 Å². The molecule has 1 heterocycles. The van der Waals surface area contributed by atoms with Gasteiger partial charge in [-0.15, -0.1) is 0 Å². The average molecular weight is 307 g/mol. The minimum absolute atomic E-state index is 0.0244. The Morgan fingerprint density at radius 2 is 1.90 bits per heavy atom. The lowest BCUT2D eigenvalue weighted by atomic mass is 9.62. The largest absolute Gasteiger partial charge is 0.368 e. The molecular formula is C16H21NO3S. The third kappa shape index (κ3) is 1.77. The number of fused-ring (bicyclic) bond motifs is 2. The number of ether oxygens (including phenoxy) is 1. The van der Waals surface area contributed by atoms with Crippen LogP contribution in [-0.2, 0) is 14.8 Å². The van der Waals surface area contributed by atoms with Gasteiger partial charge in [0.15, 0.2) is 0 Å². The van der Waals surface area contributed by atoms with E-state index in [1.54, 1.807) is 23.5 Å². The van der Waals surface area contributed by atoms with Crippen LogP contribution in [0, 0.1) is 18.8 Å². The van der Waals surface area contributed by atoms with Crippen molar-refractivity contribution in [1.82, 2.24) is 4.31 Å². The van der Waals surface area contributed by atoms with Gasteiger partial charge in [0, 0.05) is 7.05 Å². The van der Waals surface area contributed by atoms with E-state index in [2.05, 4.69) is 0 Å². The first-order valence-electron chi connectivity index (χ1n) is 7.65. The fraction of sp³-hybridized carbons (Fsp3) is 0.625. The van der Waals surface area contributed by atoms with Crippen LogP contribution in [0.3, 0.4) is 0 Å². The van der Waals surface area contributed by atoms with E-state index in [-0.39, 0.29) is 11.6 Å². The molecule has 3 aliphatic rings. The molecule has 4 atom stereocenters. The monoisotopic (exact) mass is 307 g/mol. The van der Waals surface area contributed by atoms with Crippen molar-refractivity contribution in [2.45, 2.75) is 42.7 Å². The second kappa shape index (κ2) is 4.31. The van der Waals surface area contributed by atoms with E-state index in [1.165, 1.54) is 12.8 Å². The van der Waals surface area contributed by atoms with Crippen LogP contribution in [0.25, 0.3) is 0 Å². The Morgan fingerprint density at radius 1 is 1.24 bits per heavy atom. The molecule has 0 radical (unpaired) electrons. The summed E-state index contributed by atoms with van der Waals surface area (Å²) in [5, 5.41) is 0. The van der Waals surface area contributed by atoms with Crippen LogP contribution in [0.2, 0.25) is 0 Å². The topological polar surface area (TPSA) is 49.9 Å². The Kier molecular flexibility index (Phi) is 2.82. The molecule has 0 aromatic heterocycles. The van der Waals surface area contributed by atoms with Gasteiger partial charge < -0.3 is 4.74 Å². The Labute approximate surface area is 126 Å². The first-order chi connectivity index (χ1) is 9.97. The van der Waals surface area contributed by atoms with Crippen molar-refractivity contribution in [3.8, 4) is 0 Å². The molecule has 114 valence electrons. The third-order valence-corrected chi connectivity index (χ3v) is 7.52. The number of hydrogen-bond donors (Lipinski definition) is 0. The van der Waals surface area contributed by atoms with Crippen LogP contribution in [-0.4, -0.2) is 38.0 Å². The summed E-state index contributed by atoms with van der Waals surface area (Å²) < 4.78 is 33.0. The lowest BCUT2D eigenvalue weighted by Gasteiger charge is -2.50. The zero-order chi connectivity index (χ0) is 14.8. The minimum Gasteiger partial charge on any atom is -0.368 e. The van der Waals surface area contributed by atoms with Crippen LogP contribution in [0.15, 0.2) is 29.2 Å². The number of benzene rings is 1. The summed E-state index contributed by atoms with van der Waals surface area (Å²) in [7, 11) is -1.71. The normalized spacial score (nSPS) is 37.6. The Bertz CT molecular complexity index is 663. The van der Waals surface area contributed by atoms with Gasteiger partial charge in [0.05, 0.1) is 17.5 Å². The number of hydrogen-bond acceptors (Lipinski definition) is 3. The van der Waals surface area contributed by atoms with Crippen molar-refractivity contribution in [1.29, 1.82) is 0 Å². The van der Waals surface area contributed by atoms with Crippen LogP contribution >= 0.6 is 0 Å². The maximum absolute atomic E-state index is 12.9. The van der Waals surface area contributed by atoms with Gasteiger partial charge in [0.1, 0.15) is 5.60 Å². The highest BCUT2D eigenvalue weighted by molar-refractivity contribution is 7.89. The molecule has 21 heavy (non-hydrogen) atoms. The summed E-state index contributed by atoms with van der Waals surface area (Å²) in [4.78, 5) is 0.382. The van der Waals surface area contributed by atoms with E-state index in [0.29, 0.717) is 16.7 Å². The van der Waals surface area contributed by atoms with Crippen molar-refractivity contribution >= 4 is 10.0 Å². The summed E-state index contributed by atoms with van der Waals surface area (Å²) in [6, 6.07) is 7.13. The van der Waals surface area contributed by atoms with Crippen molar-refractivity contribution in [2.24, 2.45) is 11.8 Å². The van der Waals surface area contributed by atoms with E-state index >= 15 is 0 Å².